The first kappa shape index (κ1) is 20.5. The van der Waals surface area contributed by atoms with Gasteiger partial charge in [-0.1, -0.05) is 12.1 Å². The van der Waals surface area contributed by atoms with Gasteiger partial charge in [0.25, 0.3) is 0 Å². The Kier molecular flexibility index (Phi) is 5.57. The molecule has 3 aromatic rings. The molecular weight excluding hydrogens is 418 g/mol. The number of benzene rings is 2. The summed E-state index contributed by atoms with van der Waals surface area (Å²) >= 11 is 1.40. The summed E-state index contributed by atoms with van der Waals surface area (Å²) in [6.07, 6.45) is 1.16. The molecule has 1 aromatic heterocycles. The van der Waals surface area contributed by atoms with Crippen LogP contribution in [0.1, 0.15) is 1.43 Å². The first-order valence-electron chi connectivity index (χ1n) is 8.13. The van der Waals surface area contributed by atoms with Crippen LogP contribution in [0.4, 0.5) is 10.8 Å². The quantitative estimate of drug-likeness (QED) is 0.632. The molecule has 28 heavy (non-hydrogen) atoms. The van der Waals surface area contributed by atoms with E-state index in [-0.39, 0.29) is 11.2 Å². The number of anilines is 2. The van der Waals surface area contributed by atoms with E-state index in [1.54, 1.807) is 36.4 Å². The zero-order valence-corrected chi connectivity index (χ0v) is 17.9. The molecule has 0 amide bonds. The predicted octanol–water partition coefficient (Wildman–Crippen LogP) is 3.45. The molecular formula is C18H21N3O4S3. The minimum Gasteiger partial charge on any atom is -0.332 e. The van der Waals surface area contributed by atoms with Crippen molar-refractivity contribution in [1.82, 2.24) is 9.29 Å². The zero-order valence-electron chi connectivity index (χ0n) is 15.4. The van der Waals surface area contributed by atoms with E-state index >= 15 is 0 Å². The van der Waals surface area contributed by atoms with Crippen molar-refractivity contribution in [2.75, 3.05) is 25.7 Å². The van der Waals surface area contributed by atoms with Crippen LogP contribution in [0.3, 0.4) is 0 Å². The van der Waals surface area contributed by atoms with Gasteiger partial charge in [0.15, 0.2) is 15.0 Å². The average molecular weight is 440 g/mol. The van der Waals surface area contributed by atoms with E-state index in [2.05, 4.69) is 10.3 Å². The van der Waals surface area contributed by atoms with Gasteiger partial charge in [0.05, 0.1) is 15.5 Å². The molecule has 10 heteroatoms. The number of hydrogen-bond donors (Lipinski definition) is 1. The Labute approximate surface area is 170 Å². The summed E-state index contributed by atoms with van der Waals surface area (Å²) in [5.41, 5.74) is 2.24. The molecule has 0 radical (unpaired) electrons. The maximum absolute atomic E-state index is 12.1. The Balaban J connectivity index is 0.00000300. The van der Waals surface area contributed by atoms with E-state index in [0.717, 1.165) is 17.5 Å². The Bertz CT molecular complexity index is 1190. The second kappa shape index (κ2) is 7.63. The van der Waals surface area contributed by atoms with Gasteiger partial charge in [-0.3, -0.25) is 0 Å². The van der Waals surface area contributed by atoms with E-state index in [4.69, 9.17) is 0 Å². The molecule has 0 atom stereocenters. The van der Waals surface area contributed by atoms with Crippen LogP contribution in [0.15, 0.2) is 63.7 Å². The number of sulfone groups is 1. The smallest absolute Gasteiger partial charge is 0.242 e. The van der Waals surface area contributed by atoms with Gasteiger partial charge in [-0.25, -0.2) is 26.1 Å². The highest BCUT2D eigenvalue weighted by Crippen LogP contribution is 2.28. The summed E-state index contributed by atoms with van der Waals surface area (Å²) in [4.78, 5) is 4.98. The monoisotopic (exact) mass is 439 g/mol. The maximum atomic E-state index is 12.1. The number of nitrogens with one attached hydrogen (secondary N) is 1. The lowest BCUT2D eigenvalue weighted by atomic mass is 10.2. The van der Waals surface area contributed by atoms with Crippen molar-refractivity contribution < 1.29 is 18.3 Å². The summed E-state index contributed by atoms with van der Waals surface area (Å²) in [6, 6.07) is 13.0. The van der Waals surface area contributed by atoms with Crippen molar-refractivity contribution in [2.45, 2.75) is 9.79 Å². The van der Waals surface area contributed by atoms with Gasteiger partial charge in [-0.15, -0.1) is 11.3 Å². The Morgan fingerprint density at radius 2 is 1.50 bits per heavy atom. The van der Waals surface area contributed by atoms with Crippen LogP contribution in [-0.2, 0) is 19.9 Å². The topological polar surface area (TPSA) is 96.4 Å². The fraction of sp³-hybridized carbons (Fsp3) is 0.167. The highest BCUT2D eigenvalue weighted by Gasteiger charge is 2.17. The number of nitrogens with zero attached hydrogens (tertiary/aromatic N) is 2. The van der Waals surface area contributed by atoms with E-state index in [1.165, 1.54) is 41.9 Å². The molecule has 1 N–H and O–H groups in total. The Morgan fingerprint density at radius 3 is 2.04 bits per heavy atom. The second-order valence-electron chi connectivity index (χ2n) is 6.27. The third-order valence-electron chi connectivity index (χ3n) is 3.97. The minimum absolute atomic E-state index is 0. The fourth-order valence-electron chi connectivity index (χ4n) is 2.38. The van der Waals surface area contributed by atoms with Crippen molar-refractivity contribution in [3.8, 4) is 11.3 Å². The molecule has 0 aliphatic rings. The maximum Gasteiger partial charge on any atom is 0.242 e. The number of hydrogen-bond acceptors (Lipinski definition) is 7. The predicted molar refractivity (Wildman–Crippen MR) is 113 cm³/mol. The fourth-order valence-corrected chi connectivity index (χ4v) is 4.65. The summed E-state index contributed by atoms with van der Waals surface area (Å²) in [7, 11) is -3.72. The molecule has 0 saturated heterocycles. The Hall–Kier alpha value is -2.27. The first-order chi connectivity index (χ1) is 13.1. The van der Waals surface area contributed by atoms with Gasteiger partial charge < -0.3 is 5.32 Å². The van der Waals surface area contributed by atoms with Gasteiger partial charge in [0.2, 0.25) is 10.0 Å². The van der Waals surface area contributed by atoms with Gasteiger partial charge in [-0.2, -0.15) is 0 Å². The highest BCUT2D eigenvalue weighted by atomic mass is 32.2. The number of thiazole rings is 1. The van der Waals surface area contributed by atoms with E-state index < -0.39 is 19.9 Å². The van der Waals surface area contributed by atoms with Crippen molar-refractivity contribution in [1.29, 1.82) is 0 Å². The van der Waals surface area contributed by atoms with Crippen LogP contribution in [-0.4, -0.2) is 46.5 Å². The second-order valence-corrected chi connectivity index (χ2v) is 11.3. The van der Waals surface area contributed by atoms with Crippen LogP contribution in [0, 0.1) is 0 Å². The molecule has 1 heterocycles. The SMILES string of the molecule is CN(C)S(=O)(=O)c1ccc(-c2csc(Nc3ccc(S(C)(=O)=O)cc3)n2)cc1.[HH]. The third-order valence-corrected chi connectivity index (χ3v) is 7.68. The third kappa shape index (κ3) is 4.41. The lowest BCUT2D eigenvalue weighted by Crippen LogP contribution is -2.22. The lowest BCUT2D eigenvalue weighted by molar-refractivity contribution is 0.521. The molecule has 2 aromatic carbocycles. The van der Waals surface area contributed by atoms with Crippen molar-refractivity contribution in [3.63, 3.8) is 0 Å². The van der Waals surface area contributed by atoms with Gasteiger partial charge in [0.1, 0.15) is 0 Å². The number of rotatable bonds is 6. The number of aromatic nitrogens is 1. The molecule has 0 fully saturated rings. The van der Waals surface area contributed by atoms with Crippen molar-refractivity contribution in [2.24, 2.45) is 0 Å². The molecule has 0 saturated carbocycles. The zero-order chi connectivity index (χ0) is 20.5. The van der Waals surface area contributed by atoms with Crippen LogP contribution in [0.2, 0.25) is 0 Å². The van der Waals surface area contributed by atoms with Crippen molar-refractivity contribution >= 4 is 42.0 Å². The van der Waals surface area contributed by atoms with Crippen molar-refractivity contribution in [3.05, 3.63) is 53.9 Å². The molecule has 150 valence electrons. The molecule has 3 rings (SSSR count). The van der Waals surface area contributed by atoms with E-state index in [1.807, 2.05) is 5.38 Å². The molecule has 0 aliphatic heterocycles. The summed E-state index contributed by atoms with van der Waals surface area (Å²) in [5, 5.41) is 5.64. The van der Waals surface area contributed by atoms with Gasteiger partial charge in [0, 0.05) is 38.4 Å². The molecule has 0 spiro atoms. The van der Waals surface area contributed by atoms with Crippen LogP contribution in [0.25, 0.3) is 11.3 Å². The van der Waals surface area contributed by atoms with Crippen LogP contribution < -0.4 is 5.32 Å². The molecule has 0 unspecified atom stereocenters. The summed E-state index contributed by atoms with van der Waals surface area (Å²) in [6.45, 7) is 0. The summed E-state index contributed by atoms with van der Waals surface area (Å²) < 4.78 is 48.5. The van der Waals surface area contributed by atoms with Gasteiger partial charge in [-0.05, 0) is 36.4 Å². The molecule has 0 bridgehead atoms. The Morgan fingerprint density at radius 1 is 0.929 bits per heavy atom. The minimum atomic E-state index is -3.47. The van der Waals surface area contributed by atoms with Crippen LogP contribution >= 0.6 is 11.3 Å². The number of sulfonamides is 1. The standard InChI is InChI=1S/C18H19N3O4S3.H2/c1-21(2)28(24,25)16-8-4-13(5-9-16)17-12-26-18(20-17)19-14-6-10-15(11-7-14)27(3,22)23;/h4-12H,1-3H3,(H,19,20);1H. The summed E-state index contributed by atoms with van der Waals surface area (Å²) in [5.74, 6) is 0. The first-order valence-corrected chi connectivity index (χ1v) is 12.3. The molecule has 7 nitrogen and oxygen atoms in total. The van der Waals surface area contributed by atoms with Gasteiger partial charge >= 0.3 is 0 Å². The van der Waals surface area contributed by atoms with Crippen LogP contribution in [0.5, 0.6) is 0 Å². The normalized spacial score (nSPS) is 12.3. The largest absolute Gasteiger partial charge is 0.332 e. The highest BCUT2D eigenvalue weighted by molar-refractivity contribution is 7.90. The average Bonchev–Trinajstić information content (AvgIpc) is 3.10. The van der Waals surface area contributed by atoms with E-state index in [9.17, 15) is 16.8 Å². The van der Waals surface area contributed by atoms with E-state index in [0.29, 0.717) is 10.8 Å². The lowest BCUT2D eigenvalue weighted by Gasteiger charge is -2.11. The molecule has 0 aliphatic carbocycles.